The molecule has 0 radical (unpaired) electrons. The van der Waals surface area contributed by atoms with Crippen LogP contribution in [0, 0.1) is 5.82 Å². The van der Waals surface area contributed by atoms with Crippen LogP contribution in [-0.4, -0.2) is 5.11 Å². The molecule has 2 aromatic rings. The second kappa shape index (κ2) is 5.74. The number of aromatic hydroxyl groups is 1. The zero-order chi connectivity index (χ0) is 13.8. The molecular weight excluding hydrogens is 241 g/mol. The molecule has 0 spiro atoms. The van der Waals surface area contributed by atoms with Gasteiger partial charge in [-0.1, -0.05) is 25.1 Å². The molecule has 0 aromatic heterocycles. The topological polar surface area (TPSA) is 32.3 Å². The normalized spacial score (nSPS) is 12.2. The van der Waals surface area contributed by atoms with Crippen LogP contribution in [0.5, 0.6) is 5.75 Å². The van der Waals surface area contributed by atoms with Crippen molar-refractivity contribution in [1.29, 1.82) is 0 Å². The zero-order valence-electron chi connectivity index (χ0n) is 11.2. The van der Waals surface area contributed by atoms with E-state index in [0.29, 0.717) is 5.56 Å². The van der Waals surface area contributed by atoms with Gasteiger partial charge >= 0.3 is 0 Å². The maximum Gasteiger partial charge on any atom is 0.126 e. The monoisotopic (exact) mass is 259 g/mol. The Morgan fingerprint density at radius 3 is 2.42 bits per heavy atom. The summed E-state index contributed by atoms with van der Waals surface area (Å²) in [5, 5.41) is 13.0. The third-order valence-corrected chi connectivity index (χ3v) is 3.20. The fourth-order valence-electron chi connectivity index (χ4n) is 2.05. The summed E-state index contributed by atoms with van der Waals surface area (Å²) >= 11 is 0. The summed E-state index contributed by atoms with van der Waals surface area (Å²) in [6.07, 6.45) is 1.01. The number of anilines is 1. The van der Waals surface area contributed by atoms with Gasteiger partial charge in [0.2, 0.25) is 0 Å². The second-order valence-corrected chi connectivity index (χ2v) is 4.62. The Morgan fingerprint density at radius 2 is 1.84 bits per heavy atom. The highest BCUT2D eigenvalue weighted by molar-refractivity contribution is 5.48. The number of rotatable bonds is 4. The molecule has 1 atom stereocenters. The van der Waals surface area contributed by atoms with E-state index in [2.05, 4.69) is 24.4 Å². The standard InChI is InChI=1S/C16H18FNO/c1-3-12-4-7-14(8-5-12)18-11(2)15-9-6-13(17)10-16(15)19/h4-11,18-19H,3H2,1-2H3. The van der Waals surface area contributed by atoms with Gasteiger partial charge in [-0.05, 0) is 37.1 Å². The highest BCUT2D eigenvalue weighted by Crippen LogP contribution is 2.27. The van der Waals surface area contributed by atoms with Crippen molar-refractivity contribution in [3.05, 3.63) is 59.4 Å². The first kappa shape index (κ1) is 13.4. The average Bonchev–Trinajstić information content (AvgIpc) is 2.39. The zero-order valence-corrected chi connectivity index (χ0v) is 11.2. The highest BCUT2D eigenvalue weighted by atomic mass is 19.1. The van der Waals surface area contributed by atoms with Gasteiger partial charge in [-0.15, -0.1) is 0 Å². The molecule has 2 rings (SSSR count). The molecule has 0 saturated heterocycles. The fraction of sp³-hybridized carbons (Fsp3) is 0.250. The summed E-state index contributed by atoms with van der Waals surface area (Å²) in [6, 6.07) is 12.2. The van der Waals surface area contributed by atoms with Crippen LogP contribution >= 0.6 is 0 Å². The predicted molar refractivity (Wildman–Crippen MR) is 75.9 cm³/mol. The van der Waals surface area contributed by atoms with E-state index in [1.165, 1.54) is 11.6 Å². The van der Waals surface area contributed by atoms with Crippen molar-refractivity contribution in [2.75, 3.05) is 5.32 Å². The van der Waals surface area contributed by atoms with Crippen LogP contribution in [0.4, 0.5) is 10.1 Å². The summed E-state index contributed by atoms with van der Waals surface area (Å²) in [7, 11) is 0. The van der Waals surface area contributed by atoms with E-state index in [4.69, 9.17) is 0 Å². The number of aryl methyl sites for hydroxylation is 1. The Labute approximate surface area is 112 Å². The quantitative estimate of drug-likeness (QED) is 0.859. The molecule has 2 aromatic carbocycles. The van der Waals surface area contributed by atoms with Crippen LogP contribution in [0.15, 0.2) is 42.5 Å². The van der Waals surface area contributed by atoms with E-state index in [1.54, 1.807) is 6.07 Å². The van der Waals surface area contributed by atoms with Crippen molar-refractivity contribution < 1.29 is 9.50 Å². The number of hydrogen-bond donors (Lipinski definition) is 2. The molecule has 0 aliphatic carbocycles. The van der Waals surface area contributed by atoms with E-state index in [0.717, 1.165) is 18.2 Å². The summed E-state index contributed by atoms with van der Waals surface area (Å²) in [5.74, 6) is -0.453. The minimum atomic E-state index is -0.430. The van der Waals surface area contributed by atoms with E-state index in [-0.39, 0.29) is 11.8 Å². The first-order valence-electron chi connectivity index (χ1n) is 6.44. The molecule has 3 heteroatoms. The van der Waals surface area contributed by atoms with E-state index < -0.39 is 5.82 Å². The van der Waals surface area contributed by atoms with Crippen molar-refractivity contribution in [3.8, 4) is 5.75 Å². The third kappa shape index (κ3) is 3.25. The van der Waals surface area contributed by atoms with Gasteiger partial charge in [0.05, 0.1) is 6.04 Å². The van der Waals surface area contributed by atoms with Gasteiger partial charge in [0.25, 0.3) is 0 Å². The molecule has 1 unspecified atom stereocenters. The molecular formula is C16H18FNO. The van der Waals surface area contributed by atoms with Gasteiger partial charge in [0.15, 0.2) is 0 Å². The molecule has 0 bridgehead atoms. The molecule has 2 N–H and O–H groups in total. The van der Waals surface area contributed by atoms with Gasteiger partial charge in [-0.25, -0.2) is 4.39 Å². The highest BCUT2D eigenvalue weighted by Gasteiger charge is 2.10. The summed E-state index contributed by atoms with van der Waals surface area (Å²) in [5.41, 5.74) is 2.94. The van der Waals surface area contributed by atoms with E-state index >= 15 is 0 Å². The molecule has 19 heavy (non-hydrogen) atoms. The molecule has 0 aliphatic heterocycles. The Morgan fingerprint density at radius 1 is 1.16 bits per heavy atom. The molecule has 0 amide bonds. The van der Waals surface area contributed by atoms with Crippen molar-refractivity contribution >= 4 is 5.69 Å². The van der Waals surface area contributed by atoms with E-state index in [9.17, 15) is 9.50 Å². The Balaban J connectivity index is 2.13. The lowest BCUT2D eigenvalue weighted by molar-refractivity contribution is 0.459. The maximum atomic E-state index is 12.9. The number of phenolic OH excluding ortho intramolecular Hbond substituents is 1. The summed E-state index contributed by atoms with van der Waals surface area (Å²) in [4.78, 5) is 0. The molecule has 0 fully saturated rings. The van der Waals surface area contributed by atoms with Crippen molar-refractivity contribution in [2.24, 2.45) is 0 Å². The van der Waals surface area contributed by atoms with Crippen molar-refractivity contribution in [1.82, 2.24) is 0 Å². The first-order valence-corrected chi connectivity index (χ1v) is 6.44. The van der Waals surface area contributed by atoms with Gasteiger partial charge in [0, 0.05) is 17.3 Å². The average molecular weight is 259 g/mol. The minimum absolute atomic E-state index is 0.0230. The Kier molecular flexibility index (Phi) is 4.05. The van der Waals surface area contributed by atoms with Gasteiger partial charge in [0.1, 0.15) is 11.6 Å². The van der Waals surface area contributed by atoms with Crippen LogP contribution in [0.3, 0.4) is 0 Å². The number of hydrogen-bond acceptors (Lipinski definition) is 2. The van der Waals surface area contributed by atoms with Crippen LogP contribution in [-0.2, 0) is 6.42 Å². The number of benzene rings is 2. The molecule has 0 heterocycles. The maximum absolute atomic E-state index is 12.9. The minimum Gasteiger partial charge on any atom is -0.507 e. The molecule has 100 valence electrons. The van der Waals surface area contributed by atoms with Gasteiger partial charge in [-0.2, -0.15) is 0 Å². The molecule has 0 saturated carbocycles. The van der Waals surface area contributed by atoms with Gasteiger partial charge < -0.3 is 10.4 Å². The smallest absolute Gasteiger partial charge is 0.126 e. The van der Waals surface area contributed by atoms with Crippen LogP contribution in [0.2, 0.25) is 0 Å². The van der Waals surface area contributed by atoms with Crippen LogP contribution < -0.4 is 5.32 Å². The van der Waals surface area contributed by atoms with Crippen LogP contribution in [0.1, 0.15) is 31.0 Å². The molecule has 2 nitrogen and oxygen atoms in total. The first-order chi connectivity index (χ1) is 9.10. The second-order valence-electron chi connectivity index (χ2n) is 4.62. The van der Waals surface area contributed by atoms with E-state index in [1.807, 2.05) is 19.1 Å². The lowest BCUT2D eigenvalue weighted by atomic mass is 10.1. The number of halogens is 1. The van der Waals surface area contributed by atoms with Crippen molar-refractivity contribution in [3.63, 3.8) is 0 Å². The largest absolute Gasteiger partial charge is 0.507 e. The summed E-state index contributed by atoms with van der Waals surface area (Å²) < 4.78 is 12.9. The van der Waals surface area contributed by atoms with Gasteiger partial charge in [-0.3, -0.25) is 0 Å². The van der Waals surface area contributed by atoms with Crippen molar-refractivity contribution in [2.45, 2.75) is 26.3 Å². The number of nitrogens with one attached hydrogen (secondary N) is 1. The lowest BCUT2D eigenvalue weighted by Crippen LogP contribution is -2.07. The number of phenols is 1. The molecule has 0 aliphatic rings. The lowest BCUT2D eigenvalue weighted by Gasteiger charge is -2.17. The Hall–Kier alpha value is -2.03. The third-order valence-electron chi connectivity index (χ3n) is 3.20. The predicted octanol–water partition coefficient (Wildman–Crippen LogP) is 4.27. The SMILES string of the molecule is CCc1ccc(NC(C)c2ccc(F)cc2O)cc1. The fourth-order valence-corrected chi connectivity index (χ4v) is 2.05. The van der Waals surface area contributed by atoms with Crippen LogP contribution in [0.25, 0.3) is 0 Å². The summed E-state index contributed by atoms with van der Waals surface area (Å²) in [6.45, 7) is 4.04. The Bertz CT molecular complexity index is 551.